The van der Waals surface area contributed by atoms with E-state index in [-0.39, 0.29) is 6.04 Å². The molecule has 0 aliphatic carbocycles. The number of benzene rings is 1. The van der Waals surface area contributed by atoms with Crippen molar-refractivity contribution in [1.29, 1.82) is 0 Å². The first-order valence-corrected chi connectivity index (χ1v) is 8.05. The van der Waals surface area contributed by atoms with Crippen LogP contribution in [0.25, 0.3) is 0 Å². The Bertz CT molecular complexity index is 422. The zero-order valence-electron chi connectivity index (χ0n) is 13.2. The third kappa shape index (κ3) is 4.90. The van der Waals surface area contributed by atoms with Crippen LogP contribution in [-0.2, 0) is 4.74 Å². The highest BCUT2D eigenvalue weighted by Crippen LogP contribution is 2.32. The molecule has 1 aliphatic rings. The third-order valence-corrected chi connectivity index (χ3v) is 3.54. The average Bonchev–Trinajstić information content (AvgIpc) is 2.54. The maximum absolute atomic E-state index is 5.80. The zero-order valence-corrected chi connectivity index (χ0v) is 13.2. The van der Waals surface area contributed by atoms with Gasteiger partial charge in [0.25, 0.3) is 0 Å². The molecule has 0 aromatic heterocycles. The van der Waals surface area contributed by atoms with E-state index in [4.69, 9.17) is 14.2 Å². The van der Waals surface area contributed by atoms with Crippen molar-refractivity contribution in [3.63, 3.8) is 0 Å². The molecule has 0 bridgehead atoms. The van der Waals surface area contributed by atoms with E-state index in [0.717, 1.165) is 43.9 Å². The Hall–Kier alpha value is -1.26. The van der Waals surface area contributed by atoms with Gasteiger partial charge < -0.3 is 19.5 Å². The third-order valence-electron chi connectivity index (χ3n) is 3.54. The van der Waals surface area contributed by atoms with Gasteiger partial charge in [0, 0.05) is 6.61 Å². The molecular weight excluding hydrogens is 266 g/mol. The molecule has 4 heteroatoms. The zero-order chi connectivity index (χ0) is 14.9. The van der Waals surface area contributed by atoms with Gasteiger partial charge >= 0.3 is 0 Å². The monoisotopic (exact) mass is 293 g/mol. The summed E-state index contributed by atoms with van der Waals surface area (Å²) in [5.74, 6) is 1.68. The number of unbranched alkanes of at least 4 members (excludes halogenated alkanes) is 1. The van der Waals surface area contributed by atoms with Crippen molar-refractivity contribution >= 4 is 0 Å². The topological polar surface area (TPSA) is 39.7 Å². The fourth-order valence-corrected chi connectivity index (χ4v) is 2.32. The lowest BCUT2D eigenvalue weighted by Gasteiger charge is -2.23. The van der Waals surface area contributed by atoms with Crippen LogP contribution >= 0.6 is 0 Å². The molecule has 1 aliphatic heterocycles. The second-order valence-electron chi connectivity index (χ2n) is 5.34. The molecule has 0 saturated carbocycles. The van der Waals surface area contributed by atoms with Crippen LogP contribution in [0.15, 0.2) is 18.2 Å². The van der Waals surface area contributed by atoms with Gasteiger partial charge in [0.05, 0.1) is 12.6 Å². The van der Waals surface area contributed by atoms with Crippen LogP contribution in [0, 0.1) is 0 Å². The van der Waals surface area contributed by atoms with Crippen LogP contribution < -0.4 is 14.8 Å². The summed E-state index contributed by atoms with van der Waals surface area (Å²) in [6, 6.07) is 6.38. The van der Waals surface area contributed by atoms with Gasteiger partial charge in [-0.1, -0.05) is 26.3 Å². The van der Waals surface area contributed by atoms with Crippen LogP contribution in [0.4, 0.5) is 0 Å². The number of hydrogen-bond acceptors (Lipinski definition) is 4. The first-order chi connectivity index (χ1) is 10.3. The number of ether oxygens (including phenoxy) is 3. The van der Waals surface area contributed by atoms with Gasteiger partial charge in [0.15, 0.2) is 11.5 Å². The van der Waals surface area contributed by atoms with Gasteiger partial charge in [-0.15, -0.1) is 0 Å². The molecule has 1 N–H and O–H groups in total. The average molecular weight is 293 g/mol. The lowest BCUT2D eigenvalue weighted by atomic mass is 10.1. The van der Waals surface area contributed by atoms with Crippen molar-refractivity contribution in [2.45, 2.75) is 39.2 Å². The Labute approximate surface area is 127 Å². The van der Waals surface area contributed by atoms with E-state index in [1.54, 1.807) is 0 Å². The van der Waals surface area contributed by atoms with Crippen molar-refractivity contribution in [3.8, 4) is 11.5 Å². The van der Waals surface area contributed by atoms with E-state index in [1.165, 1.54) is 5.56 Å². The molecule has 2 rings (SSSR count). The second-order valence-corrected chi connectivity index (χ2v) is 5.34. The van der Waals surface area contributed by atoms with Crippen molar-refractivity contribution in [3.05, 3.63) is 23.8 Å². The summed E-state index contributed by atoms with van der Waals surface area (Å²) in [5.41, 5.74) is 1.20. The highest BCUT2D eigenvalue weighted by atomic mass is 16.6. The number of hydrogen-bond donors (Lipinski definition) is 1. The number of rotatable bonds is 9. The van der Waals surface area contributed by atoms with Gasteiger partial charge in [-0.25, -0.2) is 0 Å². The largest absolute Gasteiger partial charge is 0.486 e. The SMILES string of the molecule is CCCCOCC(NCCC)c1ccc2c(c1)OCCO2. The van der Waals surface area contributed by atoms with Crippen LogP contribution in [0.1, 0.15) is 44.7 Å². The molecule has 0 radical (unpaired) electrons. The standard InChI is InChI=1S/C17H27NO3/c1-3-5-9-19-13-15(18-8-4-2)14-6-7-16-17(12-14)21-11-10-20-16/h6-7,12,15,18H,3-5,8-11,13H2,1-2H3. The van der Waals surface area contributed by atoms with Crippen LogP contribution in [0.5, 0.6) is 11.5 Å². The lowest BCUT2D eigenvalue weighted by Crippen LogP contribution is -2.27. The molecule has 0 spiro atoms. The molecule has 1 atom stereocenters. The molecule has 0 saturated heterocycles. The molecule has 1 aromatic carbocycles. The fraction of sp³-hybridized carbons (Fsp3) is 0.647. The smallest absolute Gasteiger partial charge is 0.161 e. The normalized spacial score (nSPS) is 15.0. The molecule has 0 fully saturated rings. The maximum Gasteiger partial charge on any atom is 0.161 e. The molecule has 1 heterocycles. The Balaban J connectivity index is 2.00. The molecule has 0 amide bonds. The number of nitrogens with one attached hydrogen (secondary N) is 1. The fourth-order valence-electron chi connectivity index (χ4n) is 2.32. The second kappa shape index (κ2) is 8.90. The summed E-state index contributed by atoms with van der Waals surface area (Å²) in [6.07, 6.45) is 3.38. The highest BCUT2D eigenvalue weighted by Gasteiger charge is 2.16. The molecule has 4 nitrogen and oxygen atoms in total. The van der Waals surface area contributed by atoms with E-state index < -0.39 is 0 Å². The van der Waals surface area contributed by atoms with Crippen molar-refractivity contribution < 1.29 is 14.2 Å². The minimum Gasteiger partial charge on any atom is -0.486 e. The van der Waals surface area contributed by atoms with E-state index in [2.05, 4.69) is 31.3 Å². The molecular formula is C17H27NO3. The van der Waals surface area contributed by atoms with Crippen molar-refractivity contribution in [2.24, 2.45) is 0 Å². The number of fused-ring (bicyclic) bond motifs is 1. The summed E-state index contributed by atoms with van der Waals surface area (Å²) in [4.78, 5) is 0. The summed E-state index contributed by atoms with van der Waals surface area (Å²) >= 11 is 0. The Morgan fingerprint density at radius 2 is 1.95 bits per heavy atom. The van der Waals surface area contributed by atoms with Gasteiger partial charge in [0.2, 0.25) is 0 Å². The van der Waals surface area contributed by atoms with E-state index in [9.17, 15) is 0 Å². The minimum atomic E-state index is 0.206. The maximum atomic E-state index is 5.80. The van der Waals surface area contributed by atoms with E-state index in [0.29, 0.717) is 19.8 Å². The molecule has 21 heavy (non-hydrogen) atoms. The molecule has 1 unspecified atom stereocenters. The Morgan fingerprint density at radius 1 is 1.14 bits per heavy atom. The summed E-state index contributed by atoms with van der Waals surface area (Å²) < 4.78 is 17.0. The van der Waals surface area contributed by atoms with Crippen molar-refractivity contribution in [1.82, 2.24) is 5.32 Å². The Morgan fingerprint density at radius 3 is 2.71 bits per heavy atom. The first kappa shape index (κ1) is 16.1. The highest BCUT2D eigenvalue weighted by molar-refractivity contribution is 5.44. The van der Waals surface area contributed by atoms with Gasteiger partial charge in [-0.3, -0.25) is 0 Å². The Kier molecular flexibility index (Phi) is 6.83. The van der Waals surface area contributed by atoms with Gasteiger partial charge in [-0.05, 0) is 37.1 Å². The lowest BCUT2D eigenvalue weighted by molar-refractivity contribution is 0.108. The summed E-state index contributed by atoms with van der Waals surface area (Å²) in [6.45, 7) is 8.10. The predicted molar refractivity (Wildman–Crippen MR) is 84.2 cm³/mol. The predicted octanol–water partition coefficient (Wildman–Crippen LogP) is 3.32. The molecule has 118 valence electrons. The van der Waals surface area contributed by atoms with Gasteiger partial charge in [0.1, 0.15) is 13.2 Å². The summed E-state index contributed by atoms with van der Waals surface area (Å²) in [7, 11) is 0. The van der Waals surface area contributed by atoms with Crippen LogP contribution in [0.2, 0.25) is 0 Å². The minimum absolute atomic E-state index is 0.206. The quantitative estimate of drug-likeness (QED) is 0.709. The molecule has 1 aromatic rings. The van der Waals surface area contributed by atoms with Gasteiger partial charge in [-0.2, -0.15) is 0 Å². The summed E-state index contributed by atoms with van der Waals surface area (Å²) in [5, 5.41) is 3.55. The van der Waals surface area contributed by atoms with Crippen LogP contribution in [0.3, 0.4) is 0 Å². The van der Waals surface area contributed by atoms with E-state index in [1.807, 2.05) is 6.07 Å². The van der Waals surface area contributed by atoms with Crippen molar-refractivity contribution in [2.75, 3.05) is 33.0 Å². The van der Waals surface area contributed by atoms with Crippen LogP contribution in [-0.4, -0.2) is 33.0 Å². The first-order valence-electron chi connectivity index (χ1n) is 8.05. The van der Waals surface area contributed by atoms with E-state index >= 15 is 0 Å².